The van der Waals surface area contributed by atoms with Gasteiger partial charge < -0.3 is 5.11 Å². The molecule has 2 aromatic rings. The molecule has 0 amide bonds. The SMILES string of the molecule is Cc1cc(C2(C(=O)O)CC2)nn1-c1ccccc1Br. The zero-order valence-electron chi connectivity index (χ0n) is 10.4. The van der Waals surface area contributed by atoms with Crippen LogP contribution in [0.2, 0.25) is 0 Å². The minimum Gasteiger partial charge on any atom is -0.481 e. The zero-order chi connectivity index (χ0) is 13.6. The summed E-state index contributed by atoms with van der Waals surface area (Å²) in [6, 6.07) is 9.65. The van der Waals surface area contributed by atoms with E-state index in [1.54, 1.807) is 4.68 Å². The number of aryl methyl sites for hydroxylation is 1. The molecule has 0 unspecified atom stereocenters. The zero-order valence-corrected chi connectivity index (χ0v) is 12.0. The number of benzene rings is 1. The number of para-hydroxylation sites is 1. The van der Waals surface area contributed by atoms with Gasteiger partial charge in [-0.15, -0.1) is 0 Å². The van der Waals surface area contributed by atoms with Crippen molar-refractivity contribution in [3.8, 4) is 5.69 Å². The van der Waals surface area contributed by atoms with Crippen LogP contribution in [-0.4, -0.2) is 20.9 Å². The van der Waals surface area contributed by atoms with Gasteiger partial charge in [0, 0.05) is 10.2 Å². The van der Waals surface area contributed by atoms with Gasteiger partial charge in [0.25, 0.3) is 0 Å². The summed E-state index contributed by atoms with van der Waals surface area (Å²) in [4.78, 5) is 11.3. The van der Waals surface area contributed by atoms with Crippen molar-refractivity contribution in [2.24, 2.45) is 0 Å². The van der Waals surface area contributed by atoms with Crippen molar-refractivity contribution in [3.63, 3.8) is 0 Å². The van der Waals surface area contributed by atoms with E-state index in [0.717, 1.165) is 15.9 Å². The van der Waals surface area contributed by atoms with E-state index in [1.807, 2.05) is 37.3 Å². The molecule has 1 heterocycles. The molecular weight excluding hydrogens is 308 g/mol. The third kappa shape index (κ3) is 1.89. The first-order valence-electron chi connectivity index (χ1n) is 6.10. The van der Waals surface area contributed by atoms with Gasteiger partial charge in [0.2, 0.25) is 0 Å². The summed E-state index contributed by atoms with van der Waals surface area (Å²) >= 11 is 3.49. The maximum absolute atomic E-state index is 11.3. The van der Waals surface area contributed by atoms with E-state index in [-0.39, 0.29) is 0 Å². The maximum atomic E-state index is 11.3. The number of hydrogen-bond acceptors (Lipinski definition) is 2. The smallest absolute Gasteiger partial charge is 0.315 e. The number of carbonyl (C=O) groups is 1. The van der Waals surface area contributed by atoms with Crippen molar-refractivity contribution in [2.45, 2.75) is 25.2 Å². The first kappa shape index (κ1) is 12.4. The molecule has 19 heavy (non-hydrogen) atoms. The van der Waals surface area contributed by atoms with Crippen LogP contribution in [0.15, 0.2) is 34.8 Å². The monoisotopic (exact) mass is 320 g/mol. The molecule has 0 radical (unpaired) electrons. The number of hydrogen-bond donors (Lipinski definition) is 1. The number of halogens is 1. The van der Waals surface area contributed by atoms with E-state index in [2.05, 4.69) is 21.0 Å². The topological polar surface area (TPSA) is 55.1 Å². The molecule has 0 atom stereocenters. The highest BCUT2D eigenvalue weighted by atomic mass is 79.9. The van der Waals surface area contributed by atoms with Crippen LogP contribution in [0.5, 0.6) is 0 Å². The second-order valence-corrected chi connectivity index (χ2v) is 5.78. The Morgan fingerprint density at radius 1 is 1.42 bits per heavy atom. The van der Waals surface area contributed by atoms with Crippen molar-refractivity contribution >= 4 is 21.9 Å². The second-order valence-electron chi connectivity index (χ2n) is 4.92. The lowest BCUT2D eigenvalue weighted by Gasteiger charge is -2.07. The van der Waals surface area contributed by atoms with E-state index in [0.29, 0.717) is 18.5 Å². The van der Waals surface area contributed by atoms with Gasteiger partial charge >= 0.3 is 5.97 Å². The van der Waals surface area contributed by atoms with Crippen LogP contribution >= 0.6 is 15.9 Å². The van der Waals surface area contributed by atoms with Gasteiger partial charge in [0.1, 0.15) is 5.41 Å². The maximum Gasteiger partial charge on any atom is 0.315 e. The highest BCUT2D eigenvalue weighted by Crippen LogP contribution is 2.48. The van der Waals surface area contributed by atoms with Crippen molar-refractivity contribution in [2.75, 3.05) is 0 Å². The molecule has 4 nitrogen and oxygen atoms in total. The van der Waals surface area contributed by atoms with E-state index in [1.165, 1.54) is 0 Å². The Hall–Kier alpha value is -1.62. The van der Waals surface area contributed by atoms with E-state index in [9.17, 15) is 9.90 Å². The second kappa shape index (κ2) is 4.20. The number of aliphatic carboxylic acids is 1. The summed E-state index contributed by atoms with van der Waals surface area (Å²) in [6.45, 7) is 1.94. The Bertz CT molecular complexity index is 659. The molecule has 1 aliphatic rings. The molecule has 3 rings (SSSR count). The fraction of sp³-hybridized carbons (Fsp3) is 0.286. The number of carboxylic acid groups (broad SMARTS) is 1. The highest BCUT2D eigenvalue weighted by molar-refractivity contribution is 9.10. The van der Waals surface area contributed by atoms with Gasteiger partial charge in [0.15, 0.2) is 0 Å². The third-order valence-corrected chi connectivity index (χ3v) is 4.29. The average Bonchev–Trinajstić information content (AvgIpc) is 3.10. The molecule has 98 valence electrons. The van der Waals surface area contributed by atoms with Crippen molar-refractivity contribution in [1.29, 1.82) is 0 Å². The van der Waals surface area contributed by atoms with Crippen LogP contribution in [0.4, 0.5) is 0 Å². The third-order valence-electron chi connectivity index (χ3n) is 3.62. The van der Waals surface area contributed by atoms with Gasteiger partial charge in [0.05, 0.1) is 11.4 Å². The first-order chi connectivity index (χ1) is 9.04. The molecule has 1 saturated carbocycles. The van der Waals surface area contributed by atoms with Crippen LogP contribution in [0.1, 0.15) is 24.2 Å². The van der Waals surface area contributed by atoms with Crippen molar-refractivity contribution in [1.82, 2.24) is 9.78 Å². The van der Waals surface area contributed by atoms with Gasteiger partial charge in [-0.1, -0.05) is 12.1 Å². The predicted octanol–water partition coefficient (Wildman–Crippen LogP) is 3.06. The summed E-state index contributed by atoms with van der Waals surface area (Å²) in [5, 5.41) is 13.8. The molecule has 1 aromatic carbocycles. The lowest BCUT2D eigenvalue weighted by atomic mass is 10.0. The number of rotatable bonds is 3. The molecule has 1 fully saturated rings. The van der Waals surface area contributed by atoms with E-state index >= 15 is 0 Å². The van der Waals surface area contributed by atoms with E-state index in [4.69, 9.17) is 0 Å². The lowest BCUT2D eigenvalue weighted by molar-refractivity contribution is -0.140. The minimum absolute atomic E-state index is 0.660. The van der Waals surface area contributed by atoms with Crippen LogP contribution in [0, 0.1) is 6.92 Å². The Morgan fingerprint density at radius 2 is 2.11 bits per heavy atom. The molecular formula is C14H13BrN2O2. The standard InChI is InChI=1S/C14H13BrN2O2/c1-9-8-12(14(6-7-14)13(18)19)16-17(9)11-5-3-2-4-10(11)15/h2-5,8H,6-7H2,1H3,(H,18,19). The number of aromatic nitrogens is 2. The Labute approximate surface area is 119 Å². The Balaban J connectivity index is 2.09. The lowest BCUT2D eigenvalue weighted by Crippen LogP contribution is -2.20. The Kier molecular flexibility index (Phi) is 2.74. The molecule has 5 heteroatoms. The van der Waals surface area contributed by atoms with Crippen LogP contribution < -0.4 is 0 Å². The summed E-state index contributed by atoms with van der Waals surface area (Å²) in [6.07, 6.45) is 1.35. The average molecular weight is 321 g/mol. The molecule has 0 spiro atoms. The minimum atomic E-state index is -0.774. The van der Waals surface area contributed by atoms with Crippen molar-refractivity contribution in [3.05, 3.63) is 46.2 Å². The number of carboxylic acids is 1. The van der Waals surface area contributed by atoms with Gasteiger partial charge in [-0.05, 0) is 53.9 Å². The molecule has 1 N–H and O–H groups in total. The summed E-state index contributed by atoms with van der Waals surface area (Å²) in [5.41, 5.74) is 1.77. The van der Waals surface area contributed by atoms with E-state index < -0.39 is 11.4 Å². The summed E-state index contributed by atoms with van der Waals surface area (Å²) < 4.78 is 2.73. The number of nitrogens with zero attached hydrogens (tertiary/aromatic N) is 2. The quantitative estimate of drug-likeness (QED) is 0.945. The Morgan fingerprint density at radius 3 is 2.68 bits per heavy atom. The predicted molar refractivity (Wildman–Crippen MR) is 74.5 cm³/mol. The molecule has 0 saturated heterocycles. The fourth-order valence-electron chi connectivity index (χ4n) is 2.28. The largest absolute Gasteiger partial charge is 0.481 e. The highest BCUT2D eigenvalue weighted by Gasteiger charge is 2.53. The van der Waals surface area contributed by atoms with Crippen LogP contribution in [0.3, 0.4) is 0 Å². The molecule has 1 aliphatic carbocycles. The fourth-order valence-corrected chi connectivity index (χ4v) is 2.73. The van der Waals surface area contributed by atoms with Crippen molar-refractivity contribution < 1.29 is 9.90 Å². The summed E-state index contributed by atoms with van der Waals surface area (Å²) in [5.74, 6) is -0.774. The summed E-state index contributed by atoms with van der Waals surface area (Å²) in [7, 11) is 0. The normalized spacial score (nSPS) is 16.3. The molecule has 0 bridgehead atoms. The van der Waals surface area contributed by atoms with Gasteiger partial charge in [-0.25, -0.2) is 4.68 Å². The molecule has 1 aromatic heterocycles. The van der Waals surface area contributed by atoms with Gasteiger partial charge in [-0.2, -0.15) is 5.10 Å². The van der Waals surface area contributed by atoms with Gasteiger partial charge in [-0.3, -0.25) is 4.79 Å². The first-order valence-corrected chi connectivity index (χ1v) is 6.89. The van der Waals surface area contributed by atoms with Crippen LogP contribution in [-0.2, 0) is 10.2 Å². The van der Waals surface area contributed by atoms with Crippen LogP contribution in [0.25, 0.3) is 5.69 Å². The molecule has 0 aliphatic heterocycles.